The minimum absolute atomic E-state index is 0.0887. The molecule has 1 atom stereocenters. The number of hydrogen-bond acceptors (Lipinski definition) is 4. The monoisotopic (exact) mass is 322 g/mol. The number of piperidine rings is 1. The van der Waals surface area contributed by atoms with Crippen molar-refractivity contribution >= 4 is 11.8 Å². The summed E-state index contributed by atoms with van der Waals surface area (Å²) in [5, 5.41) is 2.91. The summed E-state index contributed by atoms with van der Waals surface area (Å²) in [6.07, 6.45) is 5.00. The number of hydrogen-bond donors (Lipinski definition) is 1. The SMILES string of the molecule is CC(C)OCCCNC(=O)[C@@H]1CCCCN1C(=O)c1ccco1. The van der Waals surface area contributed by atoms with Crippen molar-refractivity contribution in [3.63, 3.8) is 0 Å². The highest BCUT2D eigenvalue weighted by atomic mass is 16.5. The maximum Gasteiger partial charge on any atom is 0.290 e. The predicted molar refractivity (Wildman–Crippen MR) is 86.1 cm³/mol. The number of likely N-dealkylation sites (tertiary alicyclic amines) is 1. The largest absolute Gasteiger partial charge is 0.459 e. The first kappa shape index (κ1) is 17.5. The maximum absolute atomic E-state index is 12.5. The van der Waals surface area contributed by atoms with E-state index < -0.39 is 6.04 Å². The number of carbonyl (C=O) groups is 2. The Bertz CT molecular complexity index is 499. The summed E-state index contributed by atoms with van der Waals surface area (Å²) in [6, 6.07) is 2.91. The van der Waals surface area contributed by atoms with Crippen LogP contribution >= 0.6 is 0 Å². The molecule has 2 amide bonds. The molecule has 0 aromatic carbocycles. The fraction of sp³-hybridized carbons (Fsp3) is 0.647. The van der Waals surface area contributed by atoms with E-state index >= 15 is 0 Å². The Hall–Kier alpha value is -1.82. The van der Waals surface area contributed by atoms with Crippen molar-refractivity contribution in [2.75, 3.05) is 19.7 Å². The minimum Gasteiger partial charge on any atom is -0.459 e. The van der Waals surface area contributed by atoms with Crippen LogP contribution in [-0.2, 0) is 9.53 Å². The van der Waals surface area contributed by atoms with E-state index in [1.165, 1.54) is 6.26 Å². The van der Waals surface area contributed by atoms with Crippen molar-refractivity contribution in [3.05, 3.63) is 24.2 Å². The molecule has 0 unspecified atom stereocenters. The van der Waals surface area contributed by atoms with E-state index in [1.807, 2.05) is 13.8 Å². The van der Waals surface area contributed by atoms with Crippen molar-refractivity contribution in [1.82, 2.24) is 10.2 Å². The van der Waals surface area contributed by atoms with Gasteiger partial charge < -0.3 is 19.4 Å². The molecule has 1 aromatic rings. The van der Waals surface area contributed by atoms with Gasteiger partial charge in [-0.3, -0.25) is 9.59 Å². The molecule has 0 spiro atoms. The molecule has 1 N–H and O–H groups in total. The molecule has 23 heavy (non-hydrogen) atoms. The van der Waals surface area contributed by atoms with E-state index in [1.54, 1.807) is 17.0 Å². The first-order valence-corrected chi connectivity index (χ1v) is 8.33. The summed E-state index contributed by atoms with van der Waals surface area (Å²) in [6.45, 7) is 5.74. The van der Waals surface area contributed by atoms with Gasteiger partial charge in [0.1, 0.15) is 6.04 Å². The number of nitrogens with one attached hydrogen (secondary N) is 1. The van der Waals surface area contributed by atoms with Crippen molar-refractivity contribution in [2.45, 2.75) is 51.7 Å². The maximum atomic E-state index is 12.5. The Labute approximate surface area is 137 Å². The molecule has 0 saturated carbocycles. The first-order chi connectivity index (χ1) is 11.1. The van der Waals surface area contributed by atoms with Crippen LogP contribution in [0.5, 0.6) is 0 Å². The zero-order valence-corrected chi connectivity index (χ0v) is 13.9. The highest BCUT2D eigenvalue weighted by molar-refractivity contribution is 5.95. The van der Waals surface area contributed by atoms with Crippen molar-refractivity contribution < 1.29 is 18.7 Å². The molecule has 1 aliphatic heterocycles. The molecule has 1 aromatic heterocycles. The van der Waals surface area contributed by atoms with E-state index in [2.05, 4.69) is 5.32 Å². The Balaban J connectivity index is 1.85. The smallest absolute Gasteiger partial charge is 0.290 e. The molecule has 0 aliphatic carbocycles. The molecule has 1 aliphatic rings. The molecule has 0 radical (unpaired) electrons. The fourth-order valence-electron chi connectivity index (χ4n) is 2.71. The second kappa shape index (κ2) is 8.72. The third-order valence-corrected chi connectivity index (χ3v) is 3.87. The topological polar surface area (TPSA) is 71.8 Å². The van der Waals surface area contributed by atoms with Gasteiger partial charge in [0.25, 0.3) is 5.91 Å². The highest BCUT2D eigenvalue weighted by Crippen LogP contribution is 2.20. The summed E-state index contributed by atoms with van der Waals surface area (Å²) in [7, 11) is 0. The number of furan rings is 1. The Morgan fingerprint density at radius 1 is 1.43 bits per heavy atom. The number of ether oxygens (including phenoxy) is 1. The van der Waals surface area contributed by atoms with Gasteiger partial charge in [-0.2, -0.15) is 0 Å². The molecule has 1 fully saturated rings. The van der Waals surface area contributed by atoms with E-state index in [9.17, 15) is 9.59 Å². The first-order valence-electron chi connectivity index (χ1n) is 8.33. The van der Waals surface area contributed by atoms with Gasteiger partial charge in [0, 0.05) is 19.7 Å². The third kappa shape index (κ3) is 5.10. The van der Waals surface area contributed by atoms with Crippen molar-refractivity contribution in [1.29, 1.82) is 0 Å². The predicted octanol–water partition coefficient (Wildman–Crippen LogP) is 2.21. The zero-order valence-electron chi connectivity index (χ0n) is 13.9. The van der Waals surface area contributed by atoms with Crippen LogP contribution in [0.1, 0.15) is 50.1 Å². The van der Waals surface area contributed by atoms with Gasteiger partial charge in [0.2, 0.25) is 5.91 Å². The summed E-state index contributed by atoms with van der Waals surface area (Å²) < 4.78 is 10.6. The van der Waals surface area contributed by atoms with Crippen LogP contribution in [0, 0.1) is 0 Å². The lowest BCUT2D eigenvalue weighted by Crippen LogP contribution is -2.52. The van der Waals surface area contributed by atoms with Crippen LogP contribution in [0.4, 0.5) is 0 Å². The molecule has 1 saturated heterocycles. The fourth-order valence-corrected chi connectivity index (χ4v) is 2.71. The lowest BCUT2D eigenvalue weighted by atomic mass is 10.0. The average Bonchev–Trinajstić information content (AvgIpc) is 3.08. The zero-order chi connectivity index (χ0) is 16.7. The van der Waals surface area contributed by atoms with Crippen LogP contribution in [0.2, 0.25) is 0 Å². The lowest BCUT2D eigenvalue weighted by molar-refractivity contribution is -0.126. The van der Waals surface area contributed by atoms with Crippen molar-refractivity contribution in [3.8, 4) is 0 Å². The van der Waals surface area contributed by atoms with Crippen LogP contribution in [0.25, 0.3) is 0 Å². The second-order valence-corrected chi connectivity index (χ2v) is 6.05. The van der Waals surface area contributed by atoms with Gasteiger partial charge in [0.15, 0.2) is 5.76 Å². The van der Waals surface area contributed by atoms with Crippen LogP contribution < -0.4 is 5.32 Å². The van der Waals surface area contributed by atoms with E-state index in [0.717, 1.165) is 19.3 Å². The van der Waals surface area contributed by atoms with Gasteiger partial charge in [-0.15, -0.1) is 0 Å². The average molecular weight is 322 g/mol. The quantitative estimate of drug-likeness (QED) is 0.781. The Kier molecular flexibility index (Phi) is 6.65. The summed E-state index contributed by atoms with van der Waals surface area (Å²) >= 11 is 0. The van der Waals surface area contributed by atoms with Crippen LogP contribution in [-0.4, -0.2) is 48.6 Å². The molecule has 6 nitrogen and oxygen atoms in total. The van der Waals surface area contributed by atoms with E-state index in [4.69, 9.17) is 9.15 Å². The van der Waals surface area contributed by atoms with Gasteiger partial charge in [-0.05, 0) is 51.7 Å². The van der Waals surface area contributed by atoms with Gasteiger partial charge in [-0.1, -0.05) is 0 Å². The molecular formula is C17H26N2O4. The van der Waals surface area contributed by atoms with Gasteiger partial charge in [-0.25, -0.2) is 0 Å². The normalized spacial score (nSPS) is 18.2. The molecule has 2 rings (SSSR count). The molecule has 128 valence electrons. The number of amides is 2. The van der Waals surface area contributed by atoms with Crippen molar-refractivity contribution in [2.24, 2.45) is 0 Å². The summed E-state index contributed by atoms with van der Waals surface area (Å²) in [4.78, 5) is 26.5. The Morgan fingerprint density at radius 2 is 2.26 bits per heavy atom. The number of rotatable bonds is 7. The van der Waals surface area contributed by atoms with Gasteiger partial charge >= 0.3 is 0 Å². The molecule has 2 heterocycles. The number of carbonyl (C=O) groups excluding carboxylic acids is 2. The van der Waals surface area contributed by atoms with Crippen LogP contribution in [0.3, 0.4) is 0 Å². The molecular weight excluding hydrogens is 296 g/mol. The highest BCUT2D eigenvalue weighted by Gasteiger charge is 2.33. The minimum atomic E-state index is -0.410. The molecule has 0 bridgehead atoms. The van der Waals surface area contributed by atoms with Gasteiger partial charge in [0.05, 0.1) is 12.4 Å². The summed E-state index contributed by atoms with van der Waals surface area (Å²) in [5.41, 5.74) is 0. The van der Waals surface area contributed by atoms with Crippen LogP contribution in [0.15, 0.2) is 22.8 Å². The second-order valence-electron chi connectivity index (χ2n) is 6.05. The Morgan fingerprint density at radius 3 is 2.96 bits per heavy atom. The summed E-state index contributed by atoms with van der Waals surface area (Å²) in [5.74, 6) is -0.0119. The van der Waals surface area contributed by atoms with E-state index in [-0.39, 0.29) is 23.7 Å². The molecule has 6 heteroatoms. The third-order valence-electron chi connectivity index (χ3n) is 3.87. The number of nitrogens with zero attached hydrogens (tertiary/aromatic N) is 1. The van der Waals surface area contributed by atoms with E-state index in [0.29, 0.717) is 26.1 Å². The lowest BCUT2D eigenvalue weighted by Gasteiger charge is -2.34. The standard InChI is InChI=1S/C17H26N2O4/c1-13(2)22-12-6-9-18-16(20)14-7-3-4-10-19(14)17(21)15-8-5-11-23-15/h5,8,11,13-14H,3-4,6-7,9-10,12H2,1-2H3,(H,18,20)/t14-/m0/s1.